The van der Waals surface area contributed by atoms with Gasteiger partial charge in [0, 0.05) is 12.1 Å². The summed E-state index contributed by atoms with van der Waals surface area (Å²) in [4.78, 5) is 4.39. The third-order valence-electron chi connectivity index (χ3n) is 3.17. The van der Waals surface area contributed by atoms with Gasteiger partial charge in [-0.2, -0.15) is 4.98 Å². The van der Waals surface area contributed by atoms with Gasteiger partial charge in [-0.3, -0.25) is 0 Å². The predicted octanol–water partition coefficient (Wildman–Crippen LogP) is 4.16. The van der Waals surface area contributed by atoms with E-state index in [0.717, 1.165) is 27.3 Å². The highest BCUT2D eigenvalue weighted by Gasteiger charge is 2.11. The van der Waals surface area contributed by atoms with E-state index in [2.05, 4.69) is 39.5 Å². The van der Waals surface area contributed by atoms with Crippen LogP contribution in [0.25, 0.3) is 0 Å². The molecular formula is C16H19N5O2S2. The SMILES string of the molecule is COc1ccc(Nc2nnc(SCc3noc(CC(C)C)n3)s2)cc1. The highest BCUT2D eigenvalue weighted by molar-refractivity contribution is 8.00. The van der Waals surface area contributed by atoms with Crippen LogP contribution in [-0.4, -0.2) is 27.4 Å². The average Bonchev–Trinajstić information content (AvgIpc) is 3.22. The van der Waals surface area contributed by atoms with E-state index in [-0.39, 0.29) is 0 Å². The molecule has 0 atom stereocenters. The quantitative estimate of drug-likeness (QED) is 0.586. The van der Waals surface area contributed by atoms with Gasteiger partial charge in [-0.15, -0.1) is 10.2 Å². The van der Waals surface area contributed by atoms with Crippen molar-refractivity contribution in [2.75, 3.05) is 12.4 Å². The molecule has 25 heavy (non-hydrogen) atoms. The highest BCUT2D eigenvalue weighted by Crippen LogP contribution is 2.29. The first-order valence-corrected chi connectivity index (χ1v) is 9.61. The van der Waals surface area contributed by atoms with Crippen LogP contribution in [0.5, 0.6) is 5.75 Å². The Kier molecular flexibility index (Phi) is 5.87. The molecule has 0 aliphatic carbocycles. The van der Waals surface area contributed by atoms with Gasteiger partial charge in [0.15, 0.2) is 10.2 Å². The lowest BCUT2D eigenvalue weighted by molar-refractivity contribution is 0.360. The minimum absolute atomic E-state index is 0.496. The summed E-state index contributed by atoms with van der Waals surface area (Å²) in [5.74, 6) is 3.29. The average molecular weight is 377 g/mol. The lowest BCUT2D eigenvalue weighted by atomic mass is 10.1. The molecule has 7 nitrogen and oxygen atoms in total. The number of rotatable bonds is 8. The number of thioether (sulfide) groups is 1. The molecule has 3 rings (SSSR count). The number of ether oxygens (including phenoxy) is 1. The van der Waals surface area contributed by atoms with Gasteiger partial charge in [0.1, 0.15) is 5.75 Å². The van der Waals surface area contributed by atoms with Crippen LogP contribution in [0.2, 0.25) is 0 Å². The van der Waals surface area contributed by atoms with Crippen molar-refractivity contribution < 1.29 is 9.26 Å². The van der Waals surface area contributed by atoms with E-state index in [9.17, 15) is 0 Å². The van der Waals surface area contributed by atoms with E-state index in [1.807, 2.05) is 24.3 Å². The number of benzene rings is 1. The van der Waals surface area contributed by atoms with Crippen LogP contribution in [-0.2, 0) is 12.2 Å². The van der Waals surface area contributed by atoms with Crippen LogP contribution in [0.3, 0.4) is 0 Å². The molecule has 1 aromatic carbocycles. The number of nitrogens with zero attached hydrogens (tertiary/aromatic N) is 4. The Labute approximate surface area is 154 Å². The molecular weight excluding hydrogens is 358 g/mol. The summed E-state index contributed by atoms with van der Waals surface area (Å²) >= 11 is 3.03. The molecule has 1 N–H and O–H groups in total. The van der Waals surface area contributed by atoms with Crippen molar-refractivity contribution in [2.24, 2.45) is 5.92 Å². The Morgan fingerprint density at radius 2 is 2.04 bits per heavy atom. The summed E-state index contributed by atoms with van der Waals surface area (Å²) < 4.78 is 11.2. The van der Waals surface area contributed by atoms with Crippen LogP contribution >= 0.6 is 23.1 Å². The maximum atomic E-state index is 5.24. The van der Waals surface area contributed by atoms with E-state index >= 15 is 0 Å². The molecule has 0 radical (unpaired) electrons. The summed E-state index contributed by atoms with van der Waals surface area (Å²) in [6, 6.07) is 7.65. The fourth-order valence-electron chi connectivity index (χ4n) is 2.02. The Hall–Kier alpha value is -2.13. The molecule has 0 unspecified atom stereocenters. The van der Waals surface area contributed by atoms with Gasteiger partial charge < -0.3 is 14.6 Å². The normalized spacial score (nSPS) is 11.0. The van der Waals surface area contributed by atoms with Gasteiger partial charge in [-0.05, 0) is 30.2 Å². The van der Waals surface area contributed by atoms with E-state index < -0.39 is 0 Å². The lowest BCUT2D eigenvalue weighted by Crippen LogP contribution is -1.94. The molecule has 3 aromatic rings. The number of hydrogen-bond acceptors (Lipinski definition) is 9. The van der Waals surface area contributed by atoms with E-state index in [4.69, 9.17) is 9.26 Å². The summed E-state index contributed by atoms with van der Waals surface area (Å²) in [7, 11) is 1.65. The van der Waals surface area contributed by atoms with Gasteiger partial charge in [-0.25, -0.2) is 0 Å². The second kappa shape index (κ2) is 8.30. The number of methoxy groups -OCH3 is 1. The maximum absolute atomic E-state index is 5.24. The number of hydrogen-bond donors (Lipinski definition) is 1. The molecule has 0 bridgehead atoms. The molecule has 0 aliphatic heterocycles. The van der Waals surface area contributed by atoms with E-state index in [0.29, 0.717) is 23.4 Å². The molecule has 0 aliphatic rings. The van der Waals surface area contributed by atoms with Crippen molar-refractivity contribution in [3.63, 3.8) is 0 Å². The van der Waals surface area contributed by atoms with Crippen molar-refractivity contribution >= 4 is 33.9 Å². The van der Waals surface area contributed by atoms with Crippen molar-refractivity contribution in [2.45, 2.75) is 30.4 Å². The Morgan fingerprint density at radius 3 is 2.76 bits per heavy atom. The van der Waals surface area contributed by atoms with Crippen molar-refractivity contribution in [3.8, 4) is 5.75 Å². The summed E-state index contributed by atoms with van der Waals surface area (Å²) in [6.45, 7) is 4.24. The second-order valence-corrected chi connectivity index (χ2v) is 7.92. The van der Waals surface area contributed by atoms with Crippen LogP contribution in [0.4, 0.5) is 10.8 Å². The van der Waals surface area contributed by atoms with Crippen molar-refractivity contribution in [3.05, 3.63) is 36.0 Å². The fraction of sp³-hybridized carbons (Fsp3) is 0.375. The first kappa shape index (κ1) is 17.7. The lowest BCUT2D eigenvalue weighted by Gasteiger charge is -2.03. The zero-order chi connectivity index (χ0) is 17.6. The van der Waals surface area contributed by atoms with Gasteiger partial charge >= 0.3 is 0 Å². The summed E-state index contributed by atoms with van der Waals surface area (Å²) in [6.07, 6.45) is 0.798. The van der Waals surface area contributed by atoms with E-state index in [1.54, 1.807) is 18.9 Å². The Bertz CT molecular complexity index is 801. The molecule has 2 heterocycles. The van der Waals surface area contributed by atoms with Gasteiger partial charge in [0.05, 0.1) is 12.9 Å². The molecule has 0 amide bonds. The number of nitrogens with one attached hydrogen (secondary N) is 1. The first-order chi connectivity index (χ1) is 12.1. The zero-order valence-corrected chi connectivity index (χ0v) is 15.9. The third-order valence-corrected chi connectivity index (χ3v) is 5.13. The van der Waals surface area contributed by atoms with Crippen LogP contribution in [0, 0.1) is 5.92 Å². The van der Waals surface area contributed by atoms with Crippen molar-refractivity contribution in [1.82, 2.24) is 20.3 Å². The summed E-state index contributed by atoms with van der Waals surface area (Å²) in [5.41, 5.74) is 0.935. The highest BCUT2D eigenvalue weighted by atomic mass is 32.2. The van der Waals surface area contributed by atoms with Gasteiger partial charge in [0.2, 0.25) is 11.0 Å². The molecule has 0 saturated carbocycles. The largest absolute Gasteiger partial charge is 0.497 e. The standard InChI is InChI=1S/C16H19N5O2S2/c1-10(2)8-14-18-13(21-23-14)9-24-16-20-19-15(25-16)17-11-4-6-12(22-3)7-5-11/h4-7,10H,8-9H2,1-3H3,(H,17,19). The topological polar surface area (TPSA) is 86.0 Å². The molecule has 9 heteroatoms. The second-order valence-electron chi connectivity index (χ2n) is 5.72. The zero-order valence-electron chi connectivity index (χ0n) is 14.2. The van der Waals surface area contributed by atoms with Crippen molar-refractivity contribution in [1.29, 1.82) is 0 Å². The molecule has 132 valence electrons. The van der Waals surface area contributed by atoms with Crippen LogP contribution < -0.4 is 10.1 Å². The molecule has 0 fully saturated rings. The number of aromatic nitrogens is 4. The van der Waals surface area contributed by atoms with Gasteiger partial charge in [-0.1, -0.05) is 42.1 Å². The molecule has 0 saturated heterocycles. The fourth-order valence-corrected chi connectivity index (χ4v) is 3.64. The number of anilines is 2. The monoisotopic (exact) mass is 377 g/mol. The predicted molar refractivity (Wildman–Crippen MR) is 98.6 cm³/mol. The molecule has 2 aromatic heterocycles. The first-order valence-electron chi connectivity index (χ1n) is 7.81. The maximum Gasteiger partial charge on any atom is 0.226 e. The van der Waals surface area contributed by atoms with Crippen LogP contribution in [0.15, 0.2) is 33.1 Å². The minimum atomic E-state index is 0.496. The smallest absolute Gasteiger partial charge is 0.226 e. The third kappa shape index (κ3) is 5.17. The van der Waals surface area contributed by atoms with E-state index in [1.165, 1.54) is 11.3 Å². The van der Waals surface area contributed by atoms with Gasteiger partial charge in [0.25, 0.3) is 0 Å². The molecule has 0 spiro atoms. The Morgan fingerprint density at radius 1 is 1.24 bits per heavy atom. The Balaban J connectivity index is 1.53. The summed E-state index contributed by atoms with van der Waals surface area (Å²) in [5, 5.41) is 16.3. The van der Waals surface area contributed by atoms with Crippen LogP contribution in [0.1, 0.15) is 25.6 Å². The minimum Gasteiger partial charge on any atom is -0.497 e.